The zero-order valence-corrected chi connectivity index (χ0v) is 10.6. The van der Waals surface area contributed by atoms with Gasteiger partial charge in [0, 0.05) is 12.0 Å². The maximum Gasteiger partial charge on any atom is 0.124 e. The van der Waals surface area contributed by atoms with E-state index in [2.05, 4.69) is 36.5 Å². The molecule has 0 fully saturated rings. The van der Waals surface area contributed by atoms with Crippen LogP contribution in [0.2, 0.25) is 0 Å². The quantitative estimate of drug-likeness (QED) is 0.867. The van der Waals surface area contributed by atoms with Crippen molar-refractivity contribution in [3.63, 3.8) is 0 Å². The number of methoxy groups -OCH3 is 1. The van der Waals surface area contributed by atoms with E-state index < -0.39 is 0 Å². The van der Waals surface area contributed by atoms with Gasteiger partial charge >= 0.3 is 0 Å². The highest BCUT2D eigenvalue weighted by molar-refractivity contribution is 5.42. The van der Waals surface area contributed by atoms with Crippen molar-refractivity contribution in [1.29, 1.82) is 0 Å². The number of nitrogens with one attached hydrogen (secondary N) is 1. The maximum atomic E-state index is 5.63. The molecule has 0 amide bonds. The van der Waals surface area contributed by atoms with Gasteiger partial charge in [-0.05, 0) is 31.7 Å². The van der Waals surface area contributed by atoms with E-state index in [0.29, 0.717) is 0 Å². The van der Waals surface area contributed by atoms with Gasteiger partial charge in [-0.15, -0.1) is 0 Å². The molecule has 1 unspecified atom stereocenters. The second-order valence-electron chi connectivity index (χ2n) is 4.21. The van der Waals surface area contributed by atoms with Crippen LogP contribution in [0.3, 0.4) is 0 Å². The minimum atomic E-state index is 0.0769. The highest BCUT2D eigenvalue weighted by Crippen LogP contribution is 2.32. The molecule has 1 heterocycles. The fourth-order valence-electron chi connectivity index (χ4n) is 2.15. The van der Waals surface area contributed by atoms with Gasteiger partial charge in [-0.2, -0.15) is 0 Å². The van der Waals surface area contributed by atoms with Gasteiger partial charge < -0.3 is 14.8 Å². The van der Waals surface area contributed by atoms with Crippen molar-refractivity contribution in [3.05, 3.63) is 41.2 Å². The summed E-state index contributed by atoms with van der Waals surface area (Å²) < 4.78 is 11.1. The largest absolute Gasteiger partial charge is 0.496 e. The van der Waals surface area contributed by atoms with Gasteiger partial charge in [0.2, 0.25) is 0 Å². The molecule has 1 aromatic rings. The van der Waals surface area contributed by atoms with Gasteiger partial charge in [-0.1, -0.05) is 12.1 Å². The zero-order valence-electron chi connectivity index (χ0n) is 10.6. The number of benzene rings is 1. The fraction of sp³-hybridized carbons (Fsp3) is 0.429. The van der Waals surface area contributed by atoms with Crippen LogP contribution >= 0.6 is 0 Å². The van der Waals surface area contributed by atoms with Crippen molar-refractivity contribution in [2.75, 3.05) is 20.8 Å². The molecule has 0 saturated heterocycles. The summed E-state index contributed by atoms with van der Waals surface area (Å²) in [5.74, 6) is 1.90. The first-order chi connectivity index (χ1) is 8.26. The van der Waals surface area contributed by atoms with Crippen molar-refractivity contribution in [3.8, 4) is 5.75 Å². The van der Waals surface area contributed by atoms with Crippen molar-refractivity contribution < 1.29 is 9.47 Å². The minimum Gasteiger partial charge on any atom is -0.496 e. The van der Waals surface area contributed by atoms with Gasteiger partial charge in [0.25, 0.3) is 0 Å². The molecule has 92 valence electrons. The van der Waals surface area contributed by atoms with E-state index in [9.17, 15) is 0 Å². The summed E-state index contributed by atoms with van der Waals surface area (Å²) in [4.78, 5) is 0. The molecule has 2 rings (SSSR count). The summed E-state index contributed by atoms with van der Waals surface area (Å²) in [6, 6.07) is 6.32. The van der Waals surface area contributed by atoms with Gasteiger partial charge in [0.05, 0.1) is 19.8 Å². The van der Waals surface area contributed by atoms with Crippen LogP contribution in [0.5, 0.6) is 5.75 Å². The molecular formula is C14H19NO2. The molecule has 3 nitrogen and oxygen atoms in total. The van der Waals surface area contributed by atoms with Gasteiger partial charge in [0.15, 0.2) is 0 Å². The number of hydrogen-bond donors (Lipinski definition) is 1. The lowest BCUT2D eigenvalue weighted by atomic mass is 10.0. The molecule has 3 heteroatoms. The average molecular weight is 233 g/mol. The molecule has 0 spiro atoms. The van der Waals surface area contributed by atoms with Crippen LogP contribution in [0.15, 0.2) is 30.0 Å². The van der Waals surface area contributed by atoms with Crippen LogP contribution < -0.4 is 10.1 Å². The Balaban J connectivity index is 2.36. The third-order valence-electron chi connectivity index (χ3n) is 3.01. The van der Waals surface area contributed by atoms with Crippen LogP contribution in [-0.4, -0.2) is 20.8 Å². The third kappa shape index (κ3) is 2.44. The Kier molecular flexibility index (Phi) is 3.69. The van der Waals surface area contributed by atoms with E-state index >= 15 is 0 Å². The first-order valence-electron chi connectivity index (χ1n) is 5.91. The SMILES string of the molecule is CNC(C1=CCCO1)c1ccc(C)cc1OC. The number of likely N-dealkylation sites (N-methyl/N-ethyl adjacent to an activating group) is 1. The van der Waals surface area contributed by atoms with Crippen LogP contribution in [0.1, 0.15) is 23.6 Å². The van der Waals surface area contributed by atoms with E-state index in [1.807, 2.05) is 7.05 Å². The highest BCUT2D eigenvalue weighted by atomic mass is 16.5. The highest BCUT2D eigenvalue weighted by Gasteiger charge is 2.22. The van der Waals surface area contributed by atoms with E-state index in [1.165, 1.54) is 5.56 Å². The molecule has 17 heavy (non-hydrogen) atoms. The number of rotatable bonds is 4. The molecule has 0 saturated carbocycles. The summed E-state index contributed by atoms with van der Waals surface area (Å²) in [6.07, 6.45) is 3.13. The monoisotopic (exact) mass is 233 g/mol. The van der Waals surface area contributed by atoms with E-state index in [0.717, 1.165) is 30.1 Å². The Bertz CT molecular complexity index is 426. The van der Waals surface area contributed by atoms with Crippen LogP contribution in [0.4, 0.5) is 0 Å². The molecule has 1 atom stereocenters. The topological polar surface area (TPSA) is 30.5 Å². The maximum absolute atomic E-state index is 5.63. The zero-order chi connectivity index (χ0) is 12.3. The van der Waals surface area contributed by atoms with Gasteiger partial charge in [-0.25, -0.2) is 0 Å². The number of aryl methyl sites for hydroxylation is 1. The normalized spacial score (nSPS) is 16.3. The molecule has 0 radical (unpaired) electrons. The molecule has 0 bridgehead atoms. The summed E-state index contributed by atoms with van der Waals surface area (Å²) in [7, 11) is 3.64. The van der Waals surface area contributed by atoms with Crippen molar-refractivity contribution in [1.82, 2.24) is 5.32 Å². The Morgan fingerprint density at radius 2 is 2.24 bits per heavy atom. The first kappa shape index (κ1) is 12.0. The Hall–Kier alpha value is -1.48. The molecule has 1 aromatic carbocycles. The van der Waals surface area contributed by atoms with Gasteiger partial charge in [-0.3, -0.25) is 0 Å². The van der Waals surface area contributed by atoms with Crippen molar-refractivity contribution in [2.45, 2.75) is 19.4 Å². The molecule has 0 aliphatic carbocycles. The van der Waals surface area contributed by atoms with Crippen molar-refractivity contribution >= 4 is 0 Å². The Morgan fingerprint density at radius 1 is 1.41 bits per heavy atom. The summed E-state index contributed by atoms with van der Waals surface area (Å²) >= 11 is 0. The van der Waals surface area contributed by atoms with Crippen molar-refractivity contribution in [2.24, 2.45) is 0 Å². The van der Waals surface area contributed by atoms with E-state index in [-0.39, 0.29) is 6.04 Å². The summed E-state index contributed by atoms with van der Waals surface area (Å²) in [5, 5.41) is 3.28. The van der Waals surface area contributed by atoms with E-state index in [1.54, 1.807) is 7.11 Å². The summed E-state index contributed by atoms with van der Waals surface area (Å²) in [5.41, 5.74) is 2.32. The average Bonchev–Trinajstić information content (AvgIpc) is 2.85. The second-order valence-corrected chi connectivity index (χ2v) is 4.21. The lowest BCUT2D eigenvalue weighted by molar-refractivity contribution is 0.216. The predicted octanol–water partition coefficient (Wildman–Crippen LogP) is 2.57. The Labute approximate surface area is 102 Å². The smallest absolute Gasteiger partial charge is 0.124 e. The lowest BCUT2D eigenvalue weighted by Crippen LogP contribution is -2.19. The second kappa shape index (κ2) is 5.23. The molecule has 1 aliphatic rings. The molecule has 1 aliphatic heterocycles. The molecule has 1 N–H and O–H groups in total. The number of ether oxygens (including phenoxy) is 2. The minimum absolute atomic E-state index is 0.0769. The third-order valence-corrected chi connectivity index (χ3v) is 3.01. The molecular weight excluding hydrogens is 214 g/mol. The van der Waals surface area contributed by atoms with Crippen LogP contribution in [0.25, 0.3) is 0 Å². The first-order valence-corrected chi connectivity index (χ1v) is 5.91. The number of hydrogen-bond acceptors (Lipinski definition) is 3. The standard InChI is InChI=1S/C14H19NO2/c1-10-6-7-11(13(9-10)16-3)14(15-2)12-5-4-8-17-12/h5-7,9,14-15H,4,8H2,1-3H3. The van der Waals surface area contributed by atoms with Crippen LogP contribution in [0, 0.1) is 6.92 Å². The fourth-order valence-corrected chi connectivity index (χ4v) is 2.15. The molecule has 0 aromatic heterocycles. The lowest BCUT2D eigenvalue weighted by Gasteiger charge is -2.20. The summed E-state index contributed by atoms with van der Waals surface area (Å²) in [6.45, 7) is 2.84. The van der Waals surface area contributed by atoms with Gasteiger partial charge in [0.1, 0.15) is 11.5 Å². The Morgan fingerprint density at radius 3 is 2.82 bits per heavy atom. The predicted molar refractivity (Wildman–Crippen MR) is 68.2 cm³/mol. The van der Waals surface area contributed by atoms with E-state index in [4.69, 9.17) is 9.47 Å². The van der Waals surface area contributed by atoms with Crippen LogP contribution in [-0.2, 0) is 4.74 Å².